The molecule has 0 aromatic carbocycles. The SMILES string of the molecule is COC(C(O)C#N)C(OC)C(OC)C(COC(C)=O)OC(C)=O. The number of carbonyl (C=O) groups is 2. The summed E-state index contributed by atoms with van der Waals surface area (Å²) in [6.07, 6.45) is -5.47. The molecule has 0 amide bonds. The molecule has 0 radical (unpaired) electrons. The van der Waals surface area contributed by atoms with Crippen LogP contribution < -0.4 is 0 Å². The van der Waals surface area contributed by atoms with Crippen molar-refractivity contribution in [1.82, 2.24) is 0 Å². The zero-order valence-electron chi connectivity index (χ0n) is 13.8. The molecule has 132 valence electrons. The van der Waals surface area contributed by atoms with Gasteiger partial charge in [-0.3, -0.25) is 9.59 Å². The first kappa shape index (κ1) is 21.3. The minimum atomic E-state index is -1.49. The predicted octanol–water partition coefficient (Wildman–Crippen LogP) is -0.589. The first-order valence-electron chi connectivity index (χ1n) is 6.78. The molecule has 0 aliphatic heterocycles. The van der Waals surface area contributed by atoms with Crippen molar-refractivity contribution in [1.29, 1.82) is 5.26 Å². The van der Waals surface area contributed by atoms with Gasteiger partial charge in [-0.05, 0) is 0 Å². The first-order chi connectivity index (χ1) is 10.8. The van der Waals surface area contributed by atoms with E-state index < -0.39 is 42.5 Å². The average molecular weight is 333 g/mol. The van der Waals surface area contributed by atoms with Gasteiger partial charge in [0.15, 0.2) is 12.2 Å². The van der Waals surface area contributed by atoms with Crippen LogP contribution in [0, 0.1) is 11.3 Å². The van der Waals surface area contributed by atoms with E-state index in [0.717, 1.165) is 0 Å². The van der Waals surface area contributed by atoms with Gasteiger partial charge in [-0.2, -0.15) is 5.26 Å². The Morgan fingerprint density at radius 3 is 1.87 bits per heavy atom. The third-order valence-electron chi connectivity index (χ3n) is 3.04. The van der Waals surface area contributed by atoms with Crippen molar-refractivity contribution in [2.45, 2.75) is 44.4 Å². The fourth-order valence-corrected chi connectivity index (χ4v) is 2.08. The molecule has 0 saturated heterocycles. The maximum Gasteiger partial charge on any atom is 0.303 e. The molecule has 23 heavy (non-hydrogen) atoms. The van der Waals surface area contributed by atoms with Crippen LogP contribution in [0.2, 0.25) is 0 Å². The summed E-state index contributed by atoms with van der Waals surface area (Å²) in [5.74, 6) is -1.18. The monoisotopic (exact) mass is 333 g/mol. The second-order valence-corrected chi connectivity index (χ2v) is 4.63. The Kier molecular flexibility index (Phi) is 10.1. The second-order valence-electron chi connectivity index (χ2n) is 4.63. The van der Waals surface area contributed by atoms with Gasteiger partial charge in [-0.15, -0.1) is 0 Å². The Hall–Kier alpha value is -1.73. The molecule has 9 heteroatoms. The number of aliphatic hydroxyl groups excluding tert-OH is 1. The Labute approximate surface area is 135 Å². The van der Waals surface area contributed by atoms with Gasteiger partial charge in [0.25, 0.3) is 0 Å². The van der Waals surface area contributed by atoms with Gasteiger partial charge in [0.1, 0.15) is 24.9 Å². The van der Waals surface area contributed by atoms with Crippen LogP contribution in [-0.2, 0) is 33.3 Å². The topological polar surface area (TPSA) is 124 Å². The minimum Gasteiger partial charge on any atom is -0.462 e. The fraction of sp³-hybridized carbons (Fsp3) is 0.786. The molecule has 9 nitrogen and oxygen atoms in total. The molecule has 0 heterocycles. The van der Waals surface area contributed by atoms with Crippen molar-refractivity contribution in [3.8, 4) is 6.07 Å². The molecule has 0 aliphatic rings. The maximum absolute atomic E-state index is 11.3. The van der Waals surface area contributed by atoms with E-state index in [1.807, 2.05) is 0 Å². The third kappa shape index (κ3) is 6.92. The molecule has 0 aliphatic carbocycles. The van der Waals surface area contributed by atoms with Gasteiger partial charge in [0.05, 0.1) is 6.07 Å². The van der Waals surface area contributed by atoms with Crippen molar-refractivity contribution >= 4 is 11.9 Å². The van der Waals surface area contributed by atoms with Crippen LogP contribution >= 0.6 is 0 Å². The number of aliphatic hydroxyl groups is 1. The van der Waals surface area contributed by atoms with Crippen molar-refractivity contribution in [2.75, 3.05) is 27.9 Å². The van der Waals surface area contributed by atoms with Gasteiger partial charge in [-0.1, -0.05) is 0 Å². The van der Waals surface area contributed by atoms with E-state index in [1.54, 1.807) is 6.07 Å². The van der Waals surface area contributed by atoms with E-state index in [1.165, 1.54) is 35.2 Å². The Morgan fingerprint density at radius 2 is 1.52 bits per heavy atom. The minimum absolute atomic E-state index is 0.271. The molecular weight excluding hydrogens is 310 g/mol. The number of carbonyl (C=O) groups excluding carboxylic acids is 2. The molecule has 0 fully saturated rings. The highest BCUT2D eigenvalue weighted by molar-refractivity contribution is 5.67. The summed E-state index contributed by atoms with van der Waals surface area (Å²) in [5.41, 5.74) is 0. The highest BCUT2D eigenvalue weighted by atomic mass is 16.6. The second kappa shape index (κ2) is 10.9. The van der Waals surface area contributed by atoms with Gasteiger partial charge in [-0.25, -0.2) is 0 Å². The molecule has 0 aromatic rings. The number of ether oxygens (including phenoxy) is 5. The lowest BCUT2D eigenvalue weighted by atomic mass is 9.99. The lowest BCUT2D eigenvalue weighted by molar-refractivity contribution is -0.189. The van der Waals surface area contributed by atoms with E-state index >= 15 is 0 Å². The van der Waals surface area contributed by atoms with E-state index in [2.05, 4.69) is 0 Å². The molecule has 5 atom stereocenters. The van der Waals surface area contributed by atoms with E-state index in [9.17, 15) is 14.7 Å². The van der Waals surface area contributed by atoms with E-state index in [0.29, 0.717) is 0 Å². The zero-order chi connectivity index (χ0) is 18.0. The number of nitriles is 1. The molecule has 5 unspecified atom stereocenters. The highest BCUT2D eigenvalue weighted by Crippen LogP contribution is 2.19. The fourth-order valence-electron chi connectivity index (χ4n) is 2.08. The summed E-state index contributed by atoms with van der Waals surface area (Å²) in [7, 11) is 3.94. The van der Waals surface area contributed by atoms with E-state index in [4.69, 9.17) is 28.9 Å². The van der Waals surface area contributed by atoms with Crippen molar-refractivity contribution in [2.24, 2.45) is 0 Å². The Morgan fingerprint density at radius 1 is 1.00 bits per heavy atom. The van der Waals surface area contributed by atoms with Crippen molar-refractivity contribution < 1.29 is 38.4 Å². The normalized spacial score (nSPS) is 17.3. The predicted molar refractivity (Wildman–Crippen MR) is 76.2 cm³/mol. The summed E-state index contributed by atoms with van der Waals surface area (Å²) >= 11 is 0. The third-order valence-corrected chi connectivity index (χ3v) is 3.04. The lowest BCUT2D eigenvalue weighted by Crippen LogP contribution is -2.53. The lowest BCUT2D eigenvalue weighted by Gasteiger charge is -2.35. The van der Waals surface area contributed by atoms with Crippen LogP contribution in [0.5, 0.6) is 0 Å². The van der Waals surface area contributed by atoms with Gasteiger partial charge in [0, 0.05) is 35.2 Å². The number of rotatable bonds is 10. The van der Waals surface area contributed by atoms with Crippen LogP contribution in [0.3, 0.4) is 0 Å². The maximum atomic E-state index is 11.3. The molecule has 0 spiro atoms. The first-order valence-corrected chi connectivity index (χ1v) is 6.78. The van der Waals surface area contributed by atoms with Gasteiger partial charge >= 0.3 is 11.9 Å². The summed E-state index contributed by atoms with van der Waals surface area (Å²) in [5, 5.41) is 18.6. The summed E-state index contributed by atoms with van der Waals surface area (Å²) < 4.78 is 25.6. The summed E-state index contributed by atoms with van der Waals surface area (Å²) in [6, 6.07) is 1.64. The standard InChI is InChI=1S/C14H23NO8/c1-8(16)22-7-11(23-9(2)17)13(20-4)14(21-5)12(19-3)10(18)6-15/h10-14,18H,7H2,1-5H3. The van der Waals surface area contributed by atoms with E-state index in [-0.39, 0.29) is 6.61 Å². The van der Waals surface area contributed by atoms with Crippen molar-refractivity contribution in [3.05, 3.63) is 0 Å². The molecule has 0 saturated carbocycles. The van der Waals surface area contributed by atoms with Gasteiger partial charge < -0.3 is 28.8 Å². The van der Waals surface area contributed by atoms with Crippen LogP contribution in [0.15, 0.2) is 0 Å². The average Bonchev–Trinajstić information content (AvgIpc) is 2.50. The molecule has 0 bridgehead atoms. The molecule has 0 aromatic heterocycles. The smallest absolute Gasteiger partial charge is 0.303 e. The number of methoxy groups -OCH3 is 3. The van der Waals surface area contributed by atoms with Gasteiger partial charge in [0.2, 0.25) is 0 Å². The van der Waals surface area contributed by atoms with Crippen LogP contribution in [0.4, 0.5) is 0 Å². The highest BCUT2D eigenvalue weighted by Gasteiger charge is 2.41. The van der Waals surface area contributed by atoms with Crippen LogP contribution in [0.25, 0.3) is 0 Å². The largest absolute Gasteiger partial charge is 0.462 e. The quantitative estimate of drug-likeness (QED) is 0.412. The van der Waals surface area contributed by atoms with Crippen LogP contribution in [0.1, 0.15) is 13.8 Å². The summed E-state index contributed by atoms with van der Waals surface area (Å²) in [6.45, 7) is 2.12. The number of hydrogen-bond acceptors (Lipinski definition) is 9. The molecule has 1 N–H and O–H groups in total. The summed E-state index contributed by atoms with van der Waals surface area (Å²) in [4.78, 5) is 22.3. The number of nitrogens with zero attached hydrogens (tertiary/aromatic N) is 1. The molecule has 0 rings (SSSR count). The van der Waals surface area contributed by atoms with Crippen LogP contribution in [-0.4, -0.2) is 75.5 Å². The molecular formula is C14H23NO8. The van der Waals surface area contributed by atoms with Crippen molar-refractivity contribution in [3.63, 3.8) is 0 Å². The number of hydrogen-bond donors (Lipinski definition) is 1. The zero-order valence-corrected chi connectivity index (χ0v) is 13.8. The number of esters is 2. The Balaban J connectivity index is 5.41. The Bertz CT molecular complexity index is 421.